The Balaban J connectivity index is 1.05. The molecule has 5 heterocycles. The van der Waals surface area contributed by atoms with Gasteiger partial charge in [0, 0.05) is 69.2 Å². The van der Waals surface area contributed by atoms with E-state index in [0.717, 1.165) is 47.5 Å². The number of hydrogen-bond donors (Lipinski definition) is 2. The van der Waals surface area contributed by atoms with Crippen molar-refractivity contribution in [2.45, 2.75) is 159 Å². The Hall–Kier alpha value is -4.93. The number of epoxide rings is 1. The lowest BCUT2D eigenvalue weighted by Crippen LogP contribution is -2.63. The van der Waals surface area contributed by atoms with Gasteiger partial charge in [0.05, 0.1) is 38.1 Å². The van der Waals surface area contributed by atoms with E-state index in [4.69, 9.17) is 35.3 Å². The van der Waals surface area contributed by atoms with Crippen molar-refractivity contribution in [3.05, 3.63) is 70.6 Å². The molecular formula is C51H70ClN7O12S2. The number of benzene rings is 1. The van der Waals surface area contributed by atoms with Crippen LogP contribution in [0.2, 0.25) is 5.02 Å². The minimum absolute atomic E-state index is 0.0685. The zero-order valence-electron chi connectivity index (χ0n) is 43.4. The second-order valence-electron chi connectivity index (χ2n) is 20.1. The molecule has 19 nitrogen and oxygen atoms in total. The zero-order valence-corrected chi connectivity index (χ0v) is 45.8. The SMILES string of the molecule is COc1cc2cc(c1Cl)N(C)C(=O)C[C@H](OC(=O)[C@H](C)N(C)C(=O)CCC(C)(C)SSCCCCCCn1cc(CN3C(=O)C=CC3=O)nn1)[C@]1(C)O[C@H]1[C@H](C)[C@@H]1C[C@@](O)(NC(=O)O1)[C@H](OC)/C=C/C=C(\C)C2. The summed E-state index contributed by atoms with van der Waals surface area (Å²) in [5, 5.41) is 22.8. The zero-order chi connectivity index (χ0) is 53.4. The number of esters is 1. The van der Waals surface area contributed by atoms with Crippen LogP contribution >= 0.6 is 33.2 Å². The van der Waals surface area contributed by atoms with Crippen molar-refractivity contribution in [3.8, 4) is 5.75 Å². The Morgan fingerprint density at radius 1 is 1.11 bits per heavy atom. The number of aliphatic hydroxyl groups is 1. The van der Waals surface area contributed by atoms with Gasteiger partial charge in [-0.3, -0.25) is 34.1 Å². The first-order valence-electron chi connectivity index (χ1n) is 24.6. The lowest BCUT2D eigenvalue weighted by molar-refractivity contribution is -0.162. The van der Waals surface area contributed by atoms with Gasteiger partial charge in [0.2, 0.25) is 11.8 Å². The van der Waals surface area contributed by atoms with E-state index in [1.807, 2.05) is 13.0 Å². The highest BCUT2D eigenvalue weighted by Crippen LogP contribution is 2.49. The number of hydrogen-bond acceptors (Lipinski definition) is 16. The maximum Gasteiger partial charge on any atom is 0.409 e. The number of fused-ring (bicyclic) bond motifs is 5. The number of nitrogens with one attached hydrogen (secondary N) is 1. The van der Waals surface area contributed by atoms with Gasteiger partial charge in [-0.25, -0.2) is 9.59 Å². The fourth-order valence-corrected chi connectivity index (χ4v) is 12.1. The lowest BCUT2D eigenvalue weighted by atomic mass is 9.83. The summed E-state index contributed by atoms with van der Waals surface area (Å²) >= 11 is 6.83. The van der Waals surface area contributed by atoms with Gasteiger partial charge in [0.1, 0.15) is 46.4 Å². The molecule has 6 rings (SSSR count). The largest absolute Gasteiger partial charge is 0.495 e. The van der Waals surface area contributed by atoms with Crippen LogP contribution in [0.5, 0.6) is 5.75 Å². The first kappa shape index (κ1) is 57.4. The fourth-order valence-electron chi connectivity index (χ4n) is 9.10. The molecule has 4 aliphatic rings. The maximum atomic E-state index is 14.4. The van der Waals surface area contributed by atoms with Crippen LogP contribution in [0.15, 0.2) is 54.3 Å². The number of amides is 5. The lowest BCUT2D eigenvalue weighted by Gasteiger charge is -2.42. The molecule has 22 heteroatoms. The Kier molecular flexibility index (Phi) is 19.3. The molecule has 1 aromatic carbocycles. The van der Waals surface area contributed by atoms with Gasteiger partial charge >= 0.3 is 12.1 Å². The van der Waals surface area contributed by atoms with Crippen LogP contribution in [0.25, 0.3) is 0 Å². The molecule has 0 radical (unpaired) electrons. The van der Waals surface area contributed by atoms with Crippen molar-refractivity contribution in [3.63, 3.8) is 0 Å². The highest BCUT2D eigenvalue weighted by atomic mass is 35.5. The number of rotatable bonds is 19. The molecule has 2 aromatic rings. The van der Waals surface area contributed by atoms with Gasteiger partial charge < -0.3 is 38.6 Å². The number of anilines is 1. The number of halogens is 1. The molecule has 2 saturated heterocycles. The van der Waals surface area contributed by atoms with Crippen LogP contribution in [0.1, 0.15) is 104 Å². The number of aryl methyl sites for hydroxylation is 1. The number of imide groups is 1. The third kappa shape index (κ3) is 14.5. The summed E-state index contributed by atoms with van der Waals surface area (Å²) in [4.78, 5) is 82.8. The van der Waals surface area contributed by atoms with Crippen LogP contribution in [0.3, 0.4) is 0 Å². The fraction of sp³-hybridized carbons (Fsp3) is 0.608. The van der Waals surface area contributed by atoms with E-state index in [1.165, 1.54) is 36.2 Å². The van der Waals surface area contributed by atoms with Crippen LogP contribution in [-0.2, 0) is 62.4 Å². The number of methoxy groups -OCH3 is 2. The minimum atomic E-state index is -1.85. The van der Waals surface area contributed by atoms with Gasteiger partial charge in [-0.05, 0) is 78.0 Å². The average molecular weight is 1070 g/mol. The quantitative estimate of drug-likeness (QED) is 0.0489. The summed E-state index contributed by atoms with van der Waals surface area (Å²) in [5.41, 5.74) is -0.450. The number of unbranched alkanes of at least 4 members (excludes halogenated alkanes) is 3. The summed E-state index contributed by atoms with van der Waals surface area (Å²) in [6.45, 7) is 12.0. The van der Waals surface area contributed by atoms with Crippen LogP contribution < -0.4 is 15.0 Å². The second kappa shape index (κ2) is 24.6. The second-order valence-corrected chi connectivity index (χ2v) is 23.6. The molecule has 8 atom stereocenters. The molecule has 5 amide bonds. The number of nitrogens with zero attached hydrogens (tertiary/aromatic N) is 6. The standard InChI is InChI=1S/C51H70ClN7O12S2/c1-31-16-15-17-39(68-10)51(66)28-38(69-48(65)53-51)32(2)46-50(6,71-46)40(27-44(63)57(8)36-25-34(24-31)26-37(67-9)45(36)52)70-47(64)33(3)56(7)41(60)20-21-49(4,5)73-72-23-14-12-11-13-22-58-29-35(54-55-58)30-59-42(61)18-19-43(59)62/h15-19,25-26,29,32-33,38-40,46,66H,11-14,20-24,27-28,30H2,1-10H3,(H,53,65)/b17-15+,31-16+/t32-,33+,38+,39-,40+,46+,50+,51+/m1/s1. The summed E-state index contributed by atoms with van der Waals surface area (Å²) in [6, 6.07) is 2.56. The van der Waals surface area contributed by atoms with E-state index >= 15 is 0 Å². The van der Waals surface area contributed by atoms with Crippen LogP contribution in [0, 0.1) is 5.92 Å². The average Bonchev–Trinajstić information content (AvgIpc) is 3.66. The molecule has 4 aliphatic heterocycles. The predicted molar refractivity (Wildman–Crippen MR) is 278 cm³/mol. The van der Waals surface area contributed by atoms with Gasteiger partial charge in [-0.1, -0.05) is 82.0 Å². The van der Waals surface area contributed by atoms with Crippen LogP contribution in [0.4, 0.5) is 10.5 Å². The summed E-state index contributed by atoms with van der Waals surface area (Å²) in [7, 11) is 9.55. The first-order valence-corrected chi connectivity index (χ1v) is 27.3. The smallest absolute Gasteiger partial charge is 0.409 e. The summed E-state index contributed by atoms with van der Waals surface area (Å²) in [5.74, 6) is -1.38. The Bertz CT molecular complexity index is 2450. The number of allylic oxidation sites excluding steroid dienone is 3. The van der Waals surface area contributed by atoms with E-state index < -0.39 is 65.7 Å². The molecular weight excluding hydrogens is 1000 g/mol. The Morgan fingerprint density at radius 2 is 1.82 bits per heavy atom. The predicted octanol–water partition coefficient (Wildman–Crippen LogP) is 6.73. The normalized spacial score (nSPS) is 27.1. The third-order valence-corrected chi connectivity index (χ3v) is 17.7. The van der Waals surface area contributed by atoms with Crippen molar-refractivity contribution in [1.82, 2.24) is 30.1 Å². The van der Waals surface area contributed by atoms with E-state index in [0.29, 0.717) is 36.5 Å². The Morgan fingerprint density at radius 3 is 2.52 bits per heavy atom. The summed E-state index contributed by atoms with van der Waals surface area (Å²) < 4.78 is 31.1. The van der Waals surface area contributed by atoms with Crippen LogP contribution in [-0.4, -0.2) is 146 Å². The van der Waals surface area contributed by atoms with Gasteiger partial charge in [-0.2, -0.15) is 0 Å². The van der Waals surface area contributed by atoms with E-state index in [1.54, 1.807) is 91.6 Å². The highest BCUT2D eigenvalue weighted by Gasteiger charge is 2.64. The molecule has 2 N–H and O–H groups in total. The van der Waals surface area contributed by atoms with Crippen molar-refractivity contribution >= 4 is 74.6 Å². The van der Waals surface area contributed by atoms with Crippen molar-refractivity contribution < 1.29 is 57.6 Å². The molecule has 0 aliphatic carbocycles. The number of likely N-dealkylation sites (N-methyl/N-ethyl adjacent to an activating group) is 1. The topological polar surface area (TPSA) is 225 Å². The first-order chi connectivity index (χ1) is 34.5. The molecule has 73 heavy (non-hydrogen) atoms. The van der Waals surface area contributed by atoms with Crippen molar-refractivity contribution in [1.29, 1.82) is 0 Å². The number of alkyl carbamates (subject to hydrolysis) is 1. The van der Waals surface area contributed by atoms with E-state index in [9.17, 15) is 33.9 Å². The summed E-state index contributed by atoms with van der Waals surface area (Å²) in [6.07, 6.45) is 9.74. The highest BCUT2D eigenvalue weighted by molar-refractivity contribution is 8.77. The number of carbonyl (C=O) groups excluding carboxylic acids is 6. The van der Waals surface area contributed by atoms with Crippen molar-refractivity contribution in [2.24, 2.45) is 5.92 Å². The third-order valence-electron chi connectivity index (χ3n) is 13.9. The van der Waals surface area contributed by atoms with Crippen molar-refractivity contribution in [2.75, 3.05) is 39.0 Å². The minimum Gasteiger partial charge on any atom is -0.495 e. The molecule has 0 saturated carbocycles. The molecule has 2 fully saturated rings. The monoisotopic (exact) mass is 1070 g/mol. The van der Waals surface area contributed by atoms with Gasteiger partial charge in [0.15, 0.2) is 5.72 Å². The number of ether oxygens (including phenoxy) is 5. The number of aromatic nitrogens is 3. The maximum absolute atomic E-state index is 14.4. The molecule has 0 unspecified atom stereocenters. The Labute approximate surface area is 440 Å². The molecule has 400 valence electrons. The number of carbonyl (C=O) groups is 6. The molecule has 1 aromatic heterocycles. The van der Waals surface area contributed by atoms with E-state index in [-0.39, 0.29) is 53.3 Å². The molecule has 0 spiro atoms. The van der Waals surface area contributed by atoms with Gasteiger partial charge in [0.25, 0.3) is 11.8 Å². The molecule has 4 bridgehead atoms. The van der Waals surface area contributed by atoms with E-state index in [2.05, 4.69) is 29.5 Å². The van der Waals surface area contributed by atoms with Gasteiger partial charge in [-0.15, -0.1) is 5.10 Å².